The standard InChI is InChI=1S/C13H20Si/c1-10-5-7-11(8-6-10)12-9-13(12)14(2,3)4/h5-8,12-13H,9H2,1-4H3/t12-,13+/m1/s1. The molecule has 1 aliphatic rings. The summed E-state index contributed by atoms with van der Waals surface area (Å²) in [5.41, 5.74) is 3.98. The molecule has 14 heavy (non-hydrogen) atoms. The number of rotatable bonds is 2. The Morgan fingerprint density at radius 1 is 1.07 bits per heavy atom. The summed E-state index contributed by atoms with van der Waals surface area (Å²) in [4.78, 5) is 0. The van der Waals surface area contributed by atoms with Gasteiger partial charge in [0.25, 0.3) is 0 Å². The number of benzene rings is 1. The number of aryl methyl sites for hydroxylation is 1. The molecule has 0 amide bonds. The Kier molecular flexibility index (Phi) is 2.30. The molecule has 2 atom stereocenters. The molecular weight excluding hydrogens is 184 g/mol. The molecule has 1 fully saturated rings. The predicted molar refractivity (Wildman–Crippen MR) is 65.6 cm³/mol. The molecule has 0 saturated heterocycles. The molecule has 0 unspecified atom stereocenters. The Bertz CT molecular complexity index is 318. The largest absolute Gasteiger partial charge is 0.0693 e. The lowest BCUT2D eigenvalue weighted by Gasteiger charge is -2.15. The fourth-order valence-electron chi connectivity index (χ4n) is 2.33. The van der Waals surface area contributed by atoms with Crippen LogP contribution in [0.2, 0.25) is 25.2 Å². The minimum Gasteiger partial charge on any atom is -0.0693 e. The lowest BCUT2D eigenvalue weighted by atomic mass is 10.1. The van der Waals surface area contributed by atoms with Gasteiger partial charge in [0.2, 0.25) is 0 Å². The van der Waals surface area contributed by atoms with Gasteiger partial charge in [0.05, 0.1) is 0 Å². The Morgan fingerprint density at radius 3 is 2.07 bits per heavy atom. The van der Waals surface area contributed by atoms with E-state index in [1.807, 2.05) is 0 Å². The first-order chi connectivity index (χ1) is 6.48. The van der Waals surface area contributed by atoms with Crippen molar-refractivity contribution in [1.29, 1.82) is 0 Å². The van der Waals surface area contributed by atoms with E-state index in [0.717, 1.165) is 11.5 Å². The van der Waals surface area contributed by atoms with Crippen molar-refractivity contribution in [2.45, 2.75) is 44.4 Å². The van der Waals surface area contributed by atoms with Crippen LogP contribution in [0, 0.1) is 6.92 Å². The van der Waals surface area contributed by atoms with Gasteiger partial charge in [-0.2, -0.15) is 0 Å². The van der Waals surface area contributed by atoms with Crippen molar-refractivity contribution in [2.75, 3.05) is 0 Å². The first-order valence-electron chi connectivity index (χ1n) is 5.55. The van der Waals surface area contributed by atoms with Gasteiger partial charge in [-0.1, -0.05) is 49.5 Å². The molecule has 1 aromatic rings. The third-order valence-electron chi connectivity index (χ3n) is 3.41. The average Bonchev–Trinajstić information content (AvgIpc) is 2.83. The summed E-state index contributed by atoms with van der Waals surface area (Å²) in [6.07, 6.45) is 1.44. The molecule has 0 aromatic heterocycles. The lowest BCUT2D eigenvalue weighted by Crippen LogP contribution is -2.20. The van der Waals surface area contributed by atoms with Crippen LogP contribution >= 0.6 is 0 Å². The SMILES string of the molecule is Cc1ccc([C@H]2C[C@@H]2[Si](C)(C)C)cc1. The molecule has 0 nitrogen and oxygen atoms in total. The summed E-state index contributed by atoms with van der Waals surface area (Å²) < 4.78 is 0. The monoisotopic (exact) mass is 204 g/mol. The van der Waals surface area contributed by atoms with Gasteiger partial charge in [-0.25, -0.2) is 0 Å². The highest BCUT2D eigenvalue weighted by Crippen LogP contribution is 2.58. The highest BCUT2D eigenvalue weighted by Gasteiger charge is 2.46. The maximum Gasteiger partial charge on any atom is 0.0480 e. The van der Waals surface area contributed by atoms with E-state index >= 15 is 0 Å². The zero-order valence-corrected chi connectivity index (χ0v) is 10.7. The van der Waals surface area contributed by atoms with Crippen molar-refractivity contribution < 1.29 is 0 Å². The molecule has 0 N–H and O–H groups in total. The van der Waals surface area contributed by atoms with Gasteiger partial charge in [-0.3, -0.25) is 0 Å². The lowest BCUT2D eigenvalue weighted by molar-refractivity contribution is 1.11. The minimum absolute atomic E-state index is 0.883. The quantitative estimate of drug-likeness (QED) is 0.634. The molecule has 76 valence electrons. The van der Waals surface area contributed by atoms with Crippen molar-refractivity contribution in [2.24, 2.45) is 0 Å². The molecule has 0 radical (unpaired) electrons. The van der Waals surface area contributed by atoms with Crippen molar-refractivity contribution >= 4 is 8.07 Å². The normalized spacial score (nSPS) is 26.3. The molecule has 1 aromatic carbocycles. The maximum atomic E-state index is 2.49. The van der Waals surface area contributed by atoms with E-state index in [4.69, 9.17) is 0 Å². The van der Waals surface area contributed by atoms with E-state index in [-0.39, 0.29) is 0 Å². The first kappa shape index (κ1) is 9.97. The second-order valence-electron chi connectivity index (χ2n) is 5.73. The van der Waals surface area contributed by atoms with Crippen LogP contribution in [0.15, 0.2) is 24.3 Å². The zero-order chi connectivity index (χ0) is 10.3. The Balaban J connectivity index is 2.10. The molecule has 1 aliphatic carbocycles. The molecule has 0 aliphatic heterocycles. The van der Waals surface area contributed by atoms with Gasteiger partial charge >= 0.3 is 0 Å². The van der Waals surface area contributed by atoms with E-state index in [0.29, 0.717) is 0 Å². The summed E-state index contributed by atoms with van der Waals surface area (Å²) in [5.74, 6) is 0.891. The van der Waals surface area contributed by atoms with E-state index in [9.17, 15) is 0 Å². The van der Waals surface area contributed by atoms with Gasteiger partial charge in [-0.15, -0.1) is 0 Å². The fraction of sp³-hybridized carbons (Fsp3) is 0.538. The molecule has 1 saturated carbocycles. The van der Waals surface area contributed by atoms with E-state index in [1.165, 1.54) is 12.0 Å². The van der Waals surface area contributed by atoms with Crippen LogP contribution in [0.3, 0.4) is 0 Å². The maximum absolute atomic E-state index is 2.49. The summed E-state index contributed by atoms with van der Waals surface area (Å²) >= 11 is 0. The topological polar surface area (TPSA) is 0 Å². The highest BCUT2D eigenvalue weighted by molar-refractivity contribution is 6.78. The zero-order valence-electron chi connectivity index (χ0n) is 9.67. The second-order valence-corrected chi connectivity index (χ2v) is 11.2. The van der Waals surface area contributed by atoms with Crippen molar-refractivity contribution in [3.05, 3.63) is 35.4 Å². The summed E-state index contributed by atoms with van der Waals surface area (Å²) in [6, 6.07) is 9.13. The molecule has 1 heteroatoms. The summed E-state index contributed by atoms with van der Waals surface area (Å²) in [6.45, 7) is 9.64. The predicted octanol–water partition coefficient (Wildman–Crippen LogP) is 4.19. The average molecular weight is 204 g/mol. The van der Waals surface area contributed by atoms with E-state index < -0.39 is 8.07 Å². The van der Waals surface area contributed by atoms with Crippen molar-refractivity contribution in [3.63, 3.8) is 0 Å². The molecule has 0 heterocycles. The molecule has 0 spiro atoms. The van der Waals surface area contributed by atoms with Crippen LogP contribution in [0.5, 0.6) is 0 Å². The van der Waals surface area contributed by atoms with Gasteiger partial charge in [0.1, 0.15) is 0 Å². The Labute approximate surface area is 88.4 Å². The summed E-state index contributed by atoms with van der Waals surface area (Å²) in [7, 11) is -0.883. The van der Waals surface area contributed by atoms with Gasteiger partial charge in [0, 0.05) is 8.07 Å². The van der Waals surface area contributed by atoms with E-state index in [2.05, 4.69) is 50.8 Å². The van der Waals surface area contributed by atoms with Gasteiger partial charge < -0.3 is 0 Å². The second kappa shape index (κ2) is 3.23. The molecule has 0 bridgehead atoms. The molecule has 2 rings (SSSR count). The Hall–Kier alpha value is -0.563. The number of hydrogen-bond acceptors (Lipinski definition) is 0. The van der Waals surface area contributed by atoms with Crippen molar-refractivity contribution in [3.8, 4) is 0 Å². The van der Waals surface area contributed by atoms with Crippen LogP contribution in [0.25, 0.3) is 0 Å². The smallest absolute Gasteiger partial charge is 0.0480 e. The van der Waals surface area contributed by atoms with Gasteiger partial charge in [0.15, 0.2) is 0 Å². The fourth-order valence-corrected chi connectivity index (χ4v) is 4.69. The van der Waals surface area contributed by atoms with Crippen LogP contribution in [0.4, 0.5) is 0 Å². The van der Waals surface area contributed by atoms with Crippen LogP contribution < -0.4 is 0 Å². The highest BCUT2D eigenvalue weighted by atomic mass is 28.3. The van der Waals surface area contributed by atoms with Crippen LogP contribution in [-0.4, -0.2) is 8.07 Å². The molecular formula is C13H20Si. The van der Waals surface area contributed by atoms with Crippen LogP contribution in [-0.2, 0) is 0 Å². The van der Waals surface area contributed by atoms with E-state index in [1.54, 1.807) is 5.56 Å². The number of hydrogen-bond donors (Lipinski definition) is 0. The third kappa shape index (κ3) is 1.93. The van der Waals surface area contributed by atoms with Gasteiger partial charge in [-0.05, 0) is 30.4 Å². The third-order valence-corrected chi connectivity index (χ3v) is 6.27. The van der Waals surface area contributed by atoms with Crippen molar-refractivity contribution in [1.82, 2.24) is 0 Å². The van der Waals surface area contributed by atoms with Crippen LogP contribution in [0.1, 0.15) is 23.5 Å². The minimum atomic E-state index is -0.883. The first-order valence-corrected chi connectivity index (χ1v) is 9.13. The summed E-state index contributed by atoms with van der Waals surface area (Å²) in [5, 5.41) is 0. The Morgan fingerprint density at radius 2 is 1.64 bits per heavy atom.